The lowest BCUT2D eigenvalue weighted by Gasteiger charge is -2.21. The van der Waals surface area contributed by atoms with Crippen LogP contribution >= 0.6 is 45.9 Å². The van der Waals surface area contributed by atoms with Crippen LogP contribution in [-0.2, 0) is 12.8 Å². The molecule has 0 bridgehead atoms. The summed E-state index contributed by atoms with van der Waals surface area (Å²) in [5, 5.41) is 23.5. The Morgan fingerprint density at radius 1 is 0.660 bits per heavy atom. The van der Waals surface area contributed by atoms with Crippen molar-refractivity contribution in [3.8, 4) is 20.9 Å². The Hall–Kier alpha value is -3.96. The van der Waals surface area contributed by atoms with E-state index in [0.717, 1.165) is 65.3 Å². The lowest BCUT2D eigenvalue weighted by Crippen LogP contribution is -2.20. The molecule has 2 aliphatic carbocycles. The summed E-state index contributed by atoms with van der Waals surface area (Å²) in [6.45, 7) is 0. The van der Waals surface area contributed by atoms with Gasteiger partial charge in [-0.05, 0) is 72.2 Å². The summed E-state index contributed by atoms with van der Waals surface area (Å²) in [4.78, 5) is 26.3. The molecule has 0 aliphatic heterocycles. The van der Waals surface area contributed by atoms with Gasteiger partial charge >= 0.3 is 0 Å². The van der Waals surface area contributed by atoms with Crippen molar-refractivity contribution in [3.05, 3.63) is 93.5 Å². The van der Waals surface area contributed by atoms with E-state index in [9.17, 15) is 9.59 Å². The first kappa shape index (κ1) is 37.4. The lowest BCUT2D eigenvalue weighted by atomic mass is 9.85. The van der Waals surface area contributed by atoms with Gasteiger partial charge in [0.2, 0.25) is 0 Å². The fraction of sp³-hybridized carbons (Fsp3) is 0.366. The van der Waals surface area contributed by atoms with Crippen LogP contribution < -0.4 is 11.1 Å². The molecule has 4 aromatic heterocycles. The number of hydrogen-bond donors (Lipinski definition) is 2. The van der Waals surface area contributed by atoms with E-state index in [1.807, 2.05) is 48.5 Å². The smallest absolute Gasteiger partial charge is 0.273 e. The Balaban J connectivity index is 0.000000164. The number of amides is 2. The molecule has 4 heterocycles. The topological polar surface area (TPSA) is 124 Å². The van der Waals surface area contributed by atoms with Gasteiger partial charge < -0.3 is 11.1 Å². The molecule has 0 saturated heterocycles. The molecule has 2 aromatic carbocycles. The number of thiophene rings is 2. The Bertz CT molecular complexity index is 2220. The van der Waals surface area contributed by atoms with Crippen LogP contribution in [0, 0.1) is 11.8 Å². The molecule has 3 N–H and O–H groups in total. The number of nitrogens with two attached hydrogens (primary N) is 1. The zero-order chi connectivity index (χ0) is 36.9. The van der Waals surface area contributed by atoms with Crippen LogP contribution in [-0.4, -0.2) is 39.3 Å². The number of rotatable bonds is 8. The maximum absolute atomic E-state index is 12.3. The Kier molecular flexibility index (Phi) is 12.0. The number of nitrogens with one attached hydrogen (secondary N) is 1. The van der Waals surface area contributed by atoms with Gasteiger partial charge in [-0.1, -0.05) is 112 Å². The minimum absolute atomic E-state index is 0.193. The molecule has 0 unspecified atom stereocenters. The van der Waals surface area contributed by atoms with Gasteiger partial charge in [0, 0.05) is 37.6 Å². The molecule has 12 heteroatoms. The van der Waals surface area contributed by atoms with Crippen LogP contribution in [0.5, 0.6) is 0 Å². The van der Waals surface area contributed by atoms with Crippen molar-refractivity contribution in [2.75, 3.05) is 7.05 Å². The number of nitrogens with zero attached hydrogens (tertiary/aromatic N) is 4. The van der Waals surface area contributed by atoms with Crippen molar-refractivity contribution < 1.29 is 9.59 Å². The lowest BCUT2D eigenvalue weighted by molar-refractivity contribution is 0.0957. The summed E-state index contributed by atoms with van der Waals surface area (Å²) < 4.78 is 1.75. The predicted molar refractivity (Wildman–Crippen MR) is 218 cm³/mol. The van der Waals surface area contributed by atoms with Gasteiger partial charge in [0.1, 0.15) is 0 Å². The highest BCUT2D eigenvalue weighted by Crippen LogP contribution is 2.39. The van der Waals surface area contributed by atoms with E-state index in [4.69, 9.17) is 28.9 Å². The molecule has 2 fully saturated rings. The second-order valence-corrected chi connectivity index (χ2v) is 17.0. The fourth-order valence-corrected chi connectivity index (χ4v) is 10.1. The third kappa shape index (κ3) is 8.72. The van der Waals surface area contributed by atoms with Gasteiger partial charge in [0.05, 0.1) is 20.8 Å². The van der Waals surface area contributed by atoms with Crippen LogP contribution in [0.3, 0.4) is 0 Å². The van der Waals surface area contributed by atoms with Gasteiger partial charge in [-0.15, -0.1) is 32.9 Å². The fourth-order valence-electron chi connectivity index (χ4n) is 7.55. The zero-order valence-electron chi connectivity index (χ0n) is 29.7. The van der Waals surface area contributed by atoms with Crippen molar-refractivity contribution >= 4 is 77.9 Å². The van der Waals surface area contributed by atoms with Crippen LogP contribution in [0.25, 0.3) is 41.1 Å². The molecular weight excluding hydrogens is 744 g/mol. The number of benzene rings is 2. The minimum atomic E-state index is -0.531. The number of carbonyl (C=O) groups excluding carboxylic acids is 2. The molecule has 8 nitrogen and oxygen atoms in total. The Labute approximate surface area is 327 Å². The van der Waals surface area contributed by atoms with Gasteiger partial charge in [-0.25, -0.2) is 0 Å². The number of hydrogen-bond acceptors (Lipinski definition) is 8. The third-order valence-electron chi connectivity index (χ3n) is 10.4. The van der Waals surface area contributed by atoms with Crippen LogP contribution in [0.15, 0.2) is 60.7 Å². The first-order chi connectivity index (χ1) is 25.8. The monoisotopic (exact) mass is 784 g/mol. The van der Waals surface area contributed by atoms with Crippen molar-refractivity contribution in [1.82, 2.24) is 25.7 Å². The van der Waals surface area contributed by atoms with Crippen molar-refractivity contribution in [1.29, 1.82) is 0 Å². The Morgan fingerprint density at radius 2 is 1.08 bits per heavy atom. The maximum atomic E-state index is 12.3. The van der Waals surface area contributed by atoms with Crippen LogP contribution in [0.2, 0.25) is 10.0 Å². The molecule has 8 rings (SSSR count). The normalized spacial score (nSPS) is 15.3. The second kappa shape index (κ2) is 17.0. The van der Waals surface area contributed by atoms with Gasteiger partial charge in [-0.3, -0.25) is 9.59 Å². The summed E-state index contributed by atoms with van der Waals surface area (Å²) in [5.74, 6) is 0.595. The molecular formula is C41H42Cl2N6O2S2. The molecule has 53 heavy (non-hydrogen) atoms. The molecule has 2 saturated carbocycles. The first-order valence-corrected chi connectivity index (χ1v) is 20.8. The minimum Gasteiger partial charge on any atom is -0.364 e. The standard InChI is InChI=1S/C21H22ClN3OS.C20H20ClN3OS/c1-23-21(26)19-20-16(12-18(27-20)14-7-9-15(22)10-8-14)17(24-25-19)11-13-5-3-2-4-6-13;21-14-8-6-13(7-9-14)17-11-15-16(10-12-4-2-1-3-5-12)23-24-18(20(22)25)19(15)26-17/h7-10,12-13H,2-6,11H2,1H3,(H,23,26);6-9,11-12H,1-5,10H2,(H2,22,25). The molecule has 6 aromatic rings. The summed E-state index contributed by atoms with van der Waals surface area (Å²) in [6, 6.07) is 19.8. The van der Waals surface area contributed by atoms with E-state index in [1.54, 1.807) is 29.7 Å². The number of aromatic nitrogens is 4. The van der Waals surface area contributed by atoms with E-state index in [-0.39, 0.29) is 11.6 Å². The van der Waals surface area contributed by atoms with Crippen molar-refractivity contribution in [3.63, 3.8) is 0 Å². The number of fused-ring (bicyclic) bond motifs is 2. The summed E-state index contributed by atoms with van der Waals surface area (Å²) in [5.41, 5.74) is 10.3. The zero-order valence-corrected chi connectivity index (χ0v) is 32.8. The average Bonchev–Trinajstić information content (AvgIpc) is 3.83. The van der Waals surface area contributed by atoms with Gasteiger partial charge in [0.25, 0.3) is 11.8 Å². The summed E-state index contributed by atoms with van der Waals surface area (Å²) in [6.07, 6.45) is 14.7. The molecule has 274 valence electrons. The van der Waals surface area contributed by atoms with Gasteiger partial charge in [0.15, 0.2) is 11.4 Å². The molecule has 2 amide bonds. The van der Waals surface area contributed by atoms with E-state index in [2.05, 4.69) is 37.8 Å². The third-order valence-corrected chi connectivity index (χ3v) is 13.3. The van der Waals surface area contributed by atoms with E-state index in [1.165, 1.54) is 64.2 Å². The molecule has 2 aliphatic rings. The second-order valence-electron chi connectivity index (χ2n) is 14.1. The highest BCUT2D eigenvalue weighted by molar-refractivity contribution is 7.23. The first-order valence-electron chi connectivity index (χ1n) is 18.4. The van der Waals surface area contributed by atoms with Crippen LogP contribution in [0.1, 0.15) is 96.6 Å². The highest BCUT2D eigenvalue weighted by atomic mass is 35.5. The quantitative estimate of drug-likeness (QED) is 0.158. The Morgan fingerprint density at radius 3 is 1.49 bits per heavy atom. The number of carbonyl (C=O) groups is 2. The van der Waals surface area contributed by atoms with Gasteiger partial charge in [-0.2, -0.15) is 10.2 Å². The van der Waals surface area contributed by atoms with Crippen molar-refractivity contribution in [2.45, 2.75) is 77.0 Å². The average molecular weight is 786 g/mol. The van der Waals surface area contributed by atoms with Crippen LogP contribution in [0.4, 0.5) is 0 Å². The molecule has 0 spiro atoms. The summed E-state index contributed by atoms with van der Waals surface area (Å²) >= 11 is 15.2. The van der Waals surface area contributed by atoms with E-state index < -0.39 is 5.91 Å². The largest absolute Gasteiger partial charge is 0.364 e. The maximum Gasteiger partial charge on any atom is 0.273 e. The highest BCUT2D eigenvalue weighted by Gasteiger charge is 2.23. The molecule has 0 radical (unpaired) electrons. The number of halogens is 2. The van der Waals surface area contributed by atoms with E-state index in [0.29, 0.717) is 27.6 Å². The predicted octanol–water partition coefficient (Wildman–Crippen LogP) is 10.7. The SMILES string of the molecule is CNC(=O)c1nnc(CC2CCCCC2)c2cc(-c3ccc(Cl)cc3)sc12.NC(=O)c1nnc(CC2CCCCC2)c2cc(-c3ccc(Cl)cc3)sc12. The summed E-state index contributed by atoms with van der Waals surface area (Å²) in [7, 11) is 1.62. The number of primary amides is 1. The van der Waals surface area contributed by atoms with Crippen molar-refractivity contribution in [2.24, 2.45) is 17.6 Å². The van der Waals surface area contributed by atoms with E-state index >= 15 is 0 Å². The molecule has 0 atom stereocenters.